The average molecular weight is 279 g/mol. The molecule has 20 heavy (non-hydrogen) atoms. The highest BCUT2D eigenvalue weighted by molar-refractivity contribution is 5.42. The third-order valence-electron chi connectivity index (χ3n) is 4.08. The van der Waals surface area contributed by atoms with E-state index in [1.54, 1.807) is 14.2 Å². The Kier molecular flexibility index (Phi) is 5.26. The minimum atomic E-state index is -0.250. The van der Waals surface area contributed by atoms with Crippen LogP contribution in [0.1, 0.15) is 37.8 Å². The van der Waals surface area contributed by atoms with E-state index >= 15 is 0 Å². The first-order valence-corrected chi connectivity index (χ1v) is 7.33. The summed E-state index contributed by atoms with van der Waals surface area (Å²) in [5, 5.41) is 9.90. The zero-order chi connectivity index (χ0) is 14.5. The first-order chi connectivity index (χ1) is 9.69. The minimum absolute atomic E-state index is 0.250. The molecule has 1 aromatic carbocycles. The van der Waals surface area contributed by atoms with Gasteiger partial charge in [-0.2, -0.15) is 0 Å². The Morgan fingerprint density at radius 3 is 2.80 bits per heavy atom. The summed E-state index contributed by atoms with van der Waals surface area (Å²) < 4.78 is 10.8. The highest BCUT2D eigenvalue weighted by Gasteiger charge is 2.29. The molecule has 0 spiro atoms. The maximum atomic E-state index is 9.90. The largest absolute Gasteiger partial charge is 0.497 e. The Morgan fingerprint density at radius 1 is 1.35 bits per heavy atom. The number of hydrogen-bond acceptors (Lipinski definition) is 4. The van der Waals surface area contributed by atoms with Crippen LogP contribution in [-0.2, 0) is 0 Å². The third kappa shape index (κ3) is 3.25. The van der Waals surface area contributed by atoms with Crippen LogP contribution in [0.15, 0.2) is 18.2 Å². The number of aliphatic hydroxyl groups excluding tert-OH is 1. The van der Waals surface area contributed by atoms with Crippen molar-refractivity contribution in [3.05, 3.63) is 23.8 Å². The summed E-state index contributed by atoms with van der Waals surface area (Å²) in [5.74, 6) is 1.68. The molecule has 1 aromatic rings. The van der Waals surface area contributed by atoms with E-state index in [-0.39, 0.29) is 6.10 Å². The van der Waals surface area contributed by atoms with Gasteiger partial charge in [-0.15, -0.1) is 0 Å². The number of β-amino-alcohol motifs (C(OH)–C–C–N with tert-alkyl or cyclic N) is 1. The Labute approximate surface area is 121 Å². The van der Waals surface area contributed by atoms with Crippen molar-refractivity contribution in [1.82, 2.24) is 4.90 Å². The Morgan fingerprint density at radius 2 is 2.15 bits per heavy atom. The van der Waals surface area contributed by atoms with E-state index in [0.717, 1.165) is 43.9 Å². The molecule has 1 N–H and O–H groups in total. The zero-order valence-corrected chi connectivity index (χ0v) is 12.6. The van der Waals surface area contributed by atoms with E-state index in [9.17, 15) is 5.11 Å². The summed E-state index contributed by atoms with van der Waals surface area (Å²) in [4.78, 5) is 2.36. The number of likely N-dealkylation sites (tertiary alicyclic amines) is 1. The minimum Gasteiger partial charge on any atom is -0.497 e. The van der Waals surface area contributed by atoms with Crippen LogP contribution >= 0.6 is 0 Å². The smallest absolute Gasteiger partial charge is 0.127 e. The summed E-state index contributed by atoms with van der Waals surface area (Å²) in [6.07, 6.45) is 2.82. The fourth-order valence-corrected chi connectivity index (χ4v) is 2.89. The summed E-state index contributed by atoms with van der Waals surface area (Å²) >= 11 is 0. The predicted molar refractivity (Wildman–Crippen MR) is 79.4 cm³/mol. The molecule has 1 aliphatic heterocycles. The monoisotopic (exact) mass is 279 g/mol. The summed E-state index contributed by atoms with van der Waals surface area (Å²) in [6.45, 7) is 3.79. The van der Waals surface area contributed by atoms with Gasteiger partial charge < -0.3 is 14.6 Å². The van der Waals surface area contributed by atoms with Crippen molar-refractivity contribution in [2.45, 2.75) is 38.3 Å². The van der Waals surface area contributed by atoms with E-state index in [4.69, 9.17) is 9.47 Å². The van der Waals surface area contributed by atoms with Crippen molar-refractivity contribution >= 4 is 0 Å². The van der Waals surface area contributed by atoms with Crippen LogP contribution in [0.5, 0.6) is 11.5 Å². The number of rotatable bonds is 6. The summed E-state index contributed by atoms with van der Waals surface area (Å²) in [7, 11) is 3.35. The van der Waals surface area contributed by atoms with Crippen molar-refractivity contribution in [1.29, 1.82) is 0 Å². The van der Waals surface area contributed by atoms with E-state index < -0.39 is 0 Å². The van der Waals surface area contributed by atoms with Crippen molar-refractivity contribution in [3.63, 3.8) is 0 Å². The van der Waals surface area contributed by atoms with Crippen LogP contribution < -0.4 is 9.47 Å². The molecule has 0 aromatic heterocycles. The van der Waals surface area contributed by atoms with Gasteiger partial charge in [0.1, 0.15) is 11.5 Å². The second-order valence-corrected chi connectivity index (χ2v) is 5.32. The maximum absolute atomic E-state index is 9.90. The number of nitrogens with zero attached hydrogens (tertiary/aromatic N) is 1. The summed E-state index contributed by atoms with van der Waals surface area (Å²) in [6, 6.07) is 6.32. The SMILES string of the molecule is CCC(O)CN1CCCC1c1ccc(OC)cc1OC. The molecule has 0 aliphatic carbocycles. The van der Waals surface area contributed by atoms with Crippen LogP contribution in [-0.4, -0.2) is 43.4 Å². The first-order valence-electron chi connectivity index (χ1n) is 7.33. The van der Waals surface area contributed by atoms with Crippen LogP contribution in [0.3, 0.4) is 0 Å². The number of aliphatic hydroxyl groups is 1. The molecule has 1 fully saturated rings. The van der Waals surface area contributed by atoms with Gasteiger partial charge in [0.15, 0.2) is 0 Å². The third-order valence-corrected chi connectivity index (χ3v) is 4.08. The van der Waals surface area contributed by atoms with Crippen molar-refractivity contribution in [3.8, 4) is 11.5 Å². The lowest BCUT2D eigenvalue weighted by atomic mass is 10.0. The van der Waals surface area contributed by atoms with Crippen molar-refractivity contribution in [2.75, 3.05) is 27.3 Å². The molecular weight excluding hydrogens is 254 g/mol. The molecule has 1 aliphatic rings. The van der Waals surface area contributed by atoms with Crippen molar-refractivity contribution in [2.24, 2.45) is 0 Å². The molecule has 2 atom stereocenters. The standard InChI is InChI=1S/C16H25NO3/c1-4-12(18)11-17-9-5-6-15(17)14-8-7-13(19-2)10-16(14)20-3/h7-8,10,12,15,18H,4-6,9,11H2,1-3H3. The van der Waals surface area contributed by atoms with E-state index in [2.05, 4.69) is 11.0 Å². The first kappa shape index (κ1) is 15.1. The molecule has 1 saturated heterocycles. The lowest BCUT2D eigenvalue weighted by Crippen LogP contribution is -2.31. The highest BCUT2D eigenvalue weighted by atomic mass is 16.5. The lowest BCUT2D eigenvalue weighted by molar-refractivity contribution is 0.102. The van der Waals surface area contributed by atoms with Crippen LogP contribution in [0.2, 0.25) is 0 Å². The van der Waals surface area contributed by atoms with Gasteiger partial charge in [-0.25, -0.2) is 0 Å². The van der Waals surface area contributed by atoms with Gasteiger partial charge in [0, 0.05) is 24.2 Å². The second-order valence-electron chi connectivity index (χ2n) is 5.32. The topological polar surface area (TPSA) is 41.9 Å². The van der Waals surface area contributed by atoms with E-state index in [1.165, 1.54) is 5.56 Å². The number of ether oxygens (including phenoxy) is 2. The van der Waals surface area contributed by atoms with Gasteiger partial charge in [-0.3, -0.25) is 4.90 Å². The molecular formula is C16H25NO3. The van der Waals surface area contributed by atoms with Gasteiger partial charge >= 0.3 is 0 Å². The Bertz CT molecular complexity index is 436. The average Bonchev–Trinajstić information content (AvgIpc) is 2.94. The highest BCUT2D eigenvalue weighted by Crippen LogP contribution is 2.38. The fraction of sp³-hybridized carbons (Fsp3) is 0.625. The Balaban J connectivity index is 2.20. The molecule has 0 radical (unpaired) electrons. The molecule has 1 heterocycles. The number of hydrogen-bond donors (Lipinski definition) is 1. The quantitative estimate of drug-likeness (QED) is 0.869. The van der Waals surface area contributed by atoms with Crippen molar-refractivity contribution < 1.29 is 14.6 Å². The summed E-state index contributed by atoms with van der Waals surface area (Å²) in [5.41, 5.74) is 1.19. The van der Waals surface area contributed by atoms with E-state index in [1.807, 2.05) is 19.1 Å². The fourth-order valence-electron chi connectivity index (χ4n) is 2.89. The molecule has 0 amide bonds. The lowest BCUT2D eigenvalue weighted by Gasteiger charge is -2.28. The van der Waals surface area contributed by atoms with Crippen LogP contribution in [0.4, 0.5) is 0 Å². The molecule has 4 nitrogen and oxygen atoms in total. The predicted octanol–water partition coefficient (Wildman–Crippen LogP) is 2.61. The number of benzene rings is 1. The molecule has 112 valence electrons. The van der Waals surface area contributed by atoms with Gasteiger partial charge in [0.2, 0.25) is 0 Å². The normalized spacial score (nSPS) is 20.9. The molecule has 4 heteroatoms. The van der Waals surface area contributed by atoms with Crippen LogP contribution in [0.25, 0.3) is 0 Å². The number of methoxy groups -OCH3 is 2. The maximum Gasteiger partial charge on any atom is 0.127 e. The van der Waals surface area contributed by atoms with Gasteiger partial charge in [0.05, 0.1) is 20.3 Å². The second kappa shape index (κ2) is 6.95. The van der Waals surface area contributed by atoms with E-state index in [0.29, 0.717) is 6.04 Å². The molecule has 0 saturated carbocycles. The molecule has 2 unspecified atom stereocenters. The van der Waals surface area contributed by atoms with Gasteiger partial charge in [-0.1, -0.05) is 13.0 Å². The molecule has 0 bridgehead atoms. The van der Waals surface area contributed by atoms with Gasteiger partial charge in [-0.05, 0) is 31.9 Å². The van der Waals surface area contributed by atoms with Gasteiger partial charge in [0.25, 0.3) is 0 Å². The zero-order valence-electron chi connectivity index (χ0n) is 12.6. The van der Waals surface area contributed by atoms with Crippen LogP contribution in [0, 0.1) is 0 Å². The molecule has 2 rings (SSSR count). The Hall–Kier alpha value is -1.26.